The van der Waals surface area contributed by atoms with Crippen LogP contribution < -0.4 is 10.1 Å². The summed E-state index contributed by atoms with van der Waals surface area (Å²) in [6.45, 7) is 4.12. The Labute approximate surface area is 232 Å². The number of hydrogen-bond donors (Lipinski definition) is 1. The molecule has 0 unspecified atom stereocenters. The number of thiophene rings is 1. The third-order valence-corrected chi connectivity index (χ3v) is 7.30. The van der Waals surface area contributed by atoms with Gasteiger partial charge < -0.3 is 14.8 Å². The van der Waals surface area contributed by atoms with E-state index >= 15 is 0 Å². The Kier molecular flexibility index (Phi) is 9.28. The molecule has 0 radical (unpaired) electrons. The van der Waals surface area contributed by atoms with Crippen LogP contribution in [0, 0.1) is 0 Å². The number of benzene rings is 3. The lowest BCUT2D eigenvalue weighted by molar-refractivity contribution is -0.142. The number of hydrogen-bond acceptors (Lipinski definition) is 6. The monoisotopic (exact) mass is 541 g/mol. The molecule has 6 nitrogen and oxygen atoms in total. The second-order valence-electron chi connectivity index (χ2n) is 9.60. The fourth-order valence-electron chi connectivity index (χ4n) is 4.05. The Balaban J connectivity index is 1.19. The Morgan fingerprint density at radius 3 is 2.05 bits per heavy atom. The first-order chi connectivity index (χ1) is 18.8. The summed E-state index contributed by atoms with van der Waals surface area (Å²) < 4.78 is 11.0. The molecule has 4 rings (SSSR count). The number of anilines is 1. The fourth-order valence-corrected chi connectivity index (χ4v) is 4.70. The van der Waals surface area contributed by atoms with Crippen molar-refractivity contribution in [3.63, 3.8) is 0 Å². The molecular formula is C32H31NO5S. The normalized spacial score (nSPS) is 11.0. The molecular weight excluding hydrogens is 510 g/mol. The van der Waals surface area contributed by atoms with Crippen molar-refractivity contribution < 1.29 is 23.9 Å². The van der Waals surface area contributed by atoms with Gasteiger partial charge in [0.2, 0.25) is 11.7 Å². The summed E-state index contributed by atoms with van der Waals surface area (Å²) in [4.78, 5) is 36.6. The van der Waals surface area contributed by atoms with Gasteiger partial charge in [0.1, 0.15) is 11.5 Å². The summed E-state index contributed by atoms with van der Waals surface area (Å²) in [5.74, 6) is 0.451. The number of Topliss-reactive ketones (excluding diaryl/α,β-unsaturated/α-hetero) is 1. The van der Waals surface area contributed by atoms with Crippen molar-refractivity contribution in [2.24, 2.45) is 0 Å². The minimum absolute atomic E-state index is 0.0687. The third-order valence-electron chi connectivity index (χ3n) is 6.39. The van der Waals surface area contributed by atoms with Gasteiger partial charge in [0.05, 0.1) is 4.88 Å². The van der Waals surface area contributed by atoms with Gasteiger partial charge in [-0.2, -0.15) is 0 Å². The van der Waals surface area contributed by atoms with Crippen molar-refractivity contribution in [3.8, 4) is 11.5 Å². The molecule has 4 aromatic rings. The van der Waals surface area contributed by atoms with Crippen LogP contribution >= 0.6 is 11.3 Å². The molecule has 1 heterocycles. The van der Waals surface area contributed by atoms with Crippen LogP contribution in [0.1, 0.15) is 53.9 Å². The second kappa shape index (κ2) is 13.0. The standard InChI is InChI=1S/C32H31NO5S/c1-32(2,23-8-4-3-5-9-23)24-13-17-26(18-14-24)38-27-19-15-25(16-20-27)33-30(35)11-6-12-31(36)37-22-28(34)29-10-7-21-39-29/h3-5,7-10,13-21H,6,11-12,22H2,1-2H3,(H,33,35). The van der Waals surface area contributed by atoms with Crippen LogP contribution in [-0.4, -0.2) is 24.3 Å². The number of nitrogens with one attached hydrogen (secondary N) is 1. The Hall–Kier alpha value is -4.23. The summed E-state index contributed by atoms with van der Waals surface area (Å²) in [6, 6.07) is 29.0. The van der Waals surface area contributed by atoms with E-state index in [0.717, 1.165) is 5.75 Å². The predicted octanol–water partition coefficient (Wildman–Crippen LogP) is 7.40. The summed E-state index contributed by atoms with van der Waals surface area (Å²) in [6.07, 6.45) is 0.563. The maximum atomic E-state index is 12.3. The van der Waals surface area contributed by atoms with Crippen LogP contribution in [0.5, 0.6) is 11.5 Å². The molecule has 0 aliphatic rings. The van der Waals surface area contributed by atoms with Crippen LogP contribution in [0.15, 0.2) is 96.4 Å². The molecule has 1 aromatic heterocycles. The third kappa shape index (κ3) is 7.88. The van der Waals surface area contributed by atoms with E-state index in [9.17, 15) is 14.4 Å². The smallest absolute Gasteiger partial charge is 0.306 e. The van der Waals surface area contributed by atoms with Gasteiger partial charge in [-0.1, -0.05) is 62.4 Å². The first-order valence-corrected chi connectivity index (χ1v) is 13.7. The number of carbonyl (C=O) groups is 3. The van der Waals surface area contributed by atoms with E-state index in [-0.39, 0.29) is 36.6 Å². The Morgan fingerprint density at radius 2 is 1.41 bits per heavy atom. The molecule has 0 aliphatic heterocycles. The number of amides is 1. The molecule has 0 saturated heterocycles. The molecule has 39 heavy (non-hydrogen) atoms. The van der Waals surface area contributed by atoms with Gasteiger partial charge in [-0.3, -0.25) is 14.4 Å². The van der Waals surface area contributed by atoms with Crippen molar-refractivity contribution in [1.29, 1.82) is 0 Å². The molecule has 0 aliphatic carbocycles. The average Bonchev–Trinajstić information content (AvgIpc) is 3.49. The van der Waals surface area contributed by atoms with E-state index in [2.05, 4.69) is 55.6 Å². The summed E-state index contributed by atoms with van der Waals surface area (Å²) in [5.41, 5.74) is 2.96. The van der Waals surface area contributed by atoms with Crippen molar-refractivity contribution in [2.45, 2.75) is 38.5 Å². The SMILES string of the molecule is CC(C)(c1ccccc1)c1ccc(Oc2ccc(NC(=O)CCCC(=O)OCC(=O)c3cccs3)cc2)cc1. The van der Waals surface area contributed by atoms with Crippen LogP contribution in [0.4, 0.5) is 5.69 Å². The van der Waals surface area contributed by atoms with Crippen molar-refractivity contribution in [2.75, 3.05) is 11.9 Å². The van der Waals surface area contributed by atoms with Crippen LogP contribution in [0.2, 0.25) is 0 Å². The van der Waals surface area contributed by atoms with Crippen molar-refractivity contribution in [3.05, 3.63) is 112 Å². The van der Waals surface area contributed by atoms with Gasteiger partial charge in [-0.05, 0) is 65.4 Å². The summed E-state index contributed by atoms with van der Waals surface area (Å²) in [7, 11) is 0. The summed E-state index contributed by atoms with van der Waals surface area (Å²) in [5, 5.41) is 4.61. The van der Waals surface area contributed by atoms with Gasteiger partial charge in [-0.15, -0.1) is 11.3 Å². The minimum Gasteiger partial charge on any atom is -0.457 e. The lowest BCUT2D eigenvalue weighted by Gasteiger charge is -2.26. The number of rotatable bonds is 12. The zero-order valence-corrected chi connectivity index (χ0v) is 22.8. The number of ether oxygens (including phenoxy) is 2. The van der Waals surface area contributed by atoms with Crippen molar-refractivity contribution in [1.82, 2.24) is 0 Å². The zero-order valence-electron chi connectivity index (χ0n) is 22.0. The van der Waals surface area contributed by atoms with Crippen LogP contribution in [-0.2, 0) is 19.7 Å². The Morgan fingerprint density at radius 1 is 0.769 bits per heavy atom. The average molecular weight is 542 g/mol. The lowest BCUT2D eigenvalue weighted by atomic mass is 9.78. The van der Waals surface area contributed by atoms with E-state index in [0.29, 0.717) is 22.7 Å². The van der Waals surface area contributed by atoms with Gasteiger partial charge in [-0.25, -0.2) is 0 Å². The zero-order chi connectivity index (χ0) is 27.7. The first kappa shape index (κ1) is 27.8. The fraction of sp³-hybridized carbons (Fsp3) is 0.219. The highest BCUT2D eigenvalue weighted by atomic mass is 32.1. The molecule has 0 atom stereocenters. The second-order valence-corrected chi connectivity index (χ2v) is 10.6. The molecule has 200 valence electrons. The van der Waals surface area contributed by atoms with Gasteiger partial charge in [0.15, 0.2) is 6.61 Å². The first-order valence-electron chi connectivity index (χ1n) is 12.8. The van der Waals surface area contributed by atoms with Gasteiger partial charge in [0, 0.05) is 23.9 Å². The molecule has 0 bridgehead atoms. The van der Waals surface area contributed by atoms with E-state index < -0.39 is 5.97 Å². The minimum atomic E-state index is -0.495. The summed E-state index contributed by atoms with van der Waals surface area (Å²) >= 11 is 1.31. The number of carbonyl (C=O) groups excluding carboxylic acids is 3. The Bertz CT molecular complexity index is 1380. The highest BCUT2D eigenvalue weighted by Crippen LogP contribution is 2.33. The van der Waals surface area contributed by atoms with Crippen molar-refractivity contribution >= 4 is 34.7 Å². The number of esters is 1. The van der Waals surface area contributed by atoms with E-state index in [4.69, 9.17) is 9.47 Å². The van der Waals surface area contributed by atoms with E-state index in [1.54, 1.807) is 41.8 Å². The highest BCUT2D eigenvalue weighted by Gasteiger charge is 2.22. The molecule has 7 heteroatoms. The largest absolute Gasteiger partial charge is 0.457 e. The van der Waals surface area contributed by atoms with Gasteiger partial charge >= 0.3 is 5.97 Å². The van der Waals surface area contributed by atoms with Crippen LogP contribution in [0.3, 0.4) is 0 Å². The predicted molar refractivity (Wildman–Crippen MR) is 154 cm³/mol. The number of ketones is 1. The topological polar surface area (TPSA) is 81.7 Å². The molecule has 1 amide bonds. The van der Waals surface area contributed by atoms with Crippen LogP contribution in [0.25, 0.3) is 0 Å². The molecule has 0 spiro atoms. The molecule has 1 N–H and O–H groups in total. The molecule has 0 fully saturated rings. The highest BCUT2D eigenvalue weighted by molar-refractivity contribution is 7.12. The maximum Gasteiger partial charge on any atom is 0.306 e. The quantitative estimate of drug-likeness (QED) is 0.149. The maximum absolute atomic E-state index is 12.3. The lowest BCUT2D eigenvalue weighted by Crippen LogP contribution is -2.18. The van der Waals surface area contributed by atoms with Gasteiger partial charge in [0.25, 0.3) is 0 Å². The van der Waals surface area contributed by atoms with E-state index in [1.807, 2.05) is 18.2 Å². The van der Waals surface area contributed by atoms with E-state index in [1.165, 1.54) is 22.5 Å². The molecule has 0 saturated carbocycles. The molecule has 3 aromatic carbocycles.